The number of carbonyl (C=O) groups excluding carboxylic acids is 3. The molecule has 0 spiro atoms. The zero-order chi connectivity index (χ0) is 29.4. The van der Waals surface area contributed by atoms with Gasteiger partial charge in [-0.25, -0.2) is 10.7 Å². The minimum Gasteiger partial charge on any atom is -0.490 e. The van der Waals surface area contributed by atoms with E-state index in [9.17, 15) is 14.4 Å². The van der Waals surface area contributed by atoms with Gasteiger partial charge in [0, 0.05) is 23.9 Å². The van der Waals surface area contributed by atoms with Gasteiger partial charge in [0.15, 0.2) is 5.76 Å². The Hall–Kier alpha value is -3.14. The minimum atomic E-state index is -0.765. The van der Waals surface area contributed by atoms with Crippen molar-refractivity contribution in [3.8, 4) is 0 Å². The van der Waals surface area contributed by atoms with E-state index in [4.69, 9.17) is 31.8 Å². The number of carbonyl (C=O) groups is 3. The molecule has 2 amide bonds. The SMILES string of the molecule is COC1=CCC(C/C=C(C)/C=C\C=C\C(=O)NC(C(=O)N/C=C\CC(C/C=C(\C)Cl)ON)C(C)(C)C)OC1=O. The Bertz CT molecular complexity index is 1020. The second kappa shape index (κ2) is 17.4. The Kier molecular flexibility index (Phi) is 15.2. The summed E-state index contributed by atoms with van der Waals surface area (Å²) in [7, 11) is 1.44. The highest BCUT2D eigenvalue weighted by Crippen LogP contribution is 2.20. The highest BCUT2D eigenvalue weighted by molar-refractivity contribution is 6.29. The van der Waals surface area contributed by atoms with Crippen molar-refractivity contribution in [1.29, 1.82) is 0 Å². The smallest absolute Gasteiger partial charge is 0.373 e. The van der Waals surface area contributed by atoms with Crippen molar-refractivity contribution in [1.82, 2.24) is 10.6 Å². The number of hydrogen-bond donors (Lipinski definition) is 3. The topological polar surface area (TPSA) is 129 Å². The molecule has 0 aromatic heterocycles. The Morgan fingerprint density at radius 1 is 1.21 bits per heavy atom. The minimum absolute atomic E-state index is 0.232. The average Bonchev–Trinajstić information content (AvgIpc) is 2.87. The maximum absolute atomic E-state index is 12.8. The molecule has 4 N–H and O–H groups in total. The lowest BCUT2D eigenvalue weighted by Gasteiger charge is -2.29. The number of allylic oxidation sites excluding steroid dienone is 5. The highest BCUT2D eigenvalue weighted by atomic mass is 35.5. The molecule has 216 valence electrons. The van der Waals surface area contributed by atoms with Crippen molar-refractivity contribution in [2.75, 3.05) is 7.11 Å². The standard InChI is InChI=1S/C29H42ClN3O6/c1-20(13-15-22-17-18-24(37-6)28(36)38-22)10-7-8-12-25(34)33-26(29(3,4)5)27(35)32-19-9-11-23(39-31)16-14-21(2)30/h7-10,12-14,18-19,22-23,26H,11,15-17,31H2,1-6H3,(H,32,35)(H,33,34)/b10-7-,12-8+,19-9-,20-13+,21-14+. The molecule has 1 heterocycles. The van der Waals surface area contributed by atoms with Crippen molar-refractivity contribution in [2.24, 2.45) is 11.3 Å². The second-order valence-corrected chi connectivity index (χ2v) is 10.8. The first kappa shape index (κ1) is 33.9. The number of methoxy groups -OCH3 is 1. The number of amides is 2. The molecule has 0 bridgehead atoms. The molecule has 1 aliphatic heterocycles. The number of nitrogens with two attached hydrogens (primary N) is 1. The van der Waals surface area contributed by atoms with E-state index in [0.717, 1.165) is 5.57 Å². The summed E-state index contributed by atoms with van der Waals surface area (Å²) in [6.45, 7) is 9.29. The zero-order valence-electron chi connectivity index (χ0n) is 23.7. The zero-order valence-corrected chi connectivity index (χ0v) is 24.4. The molecule has 0 saturated carbocycles. The first-order chi connectivity index (χ1) is 18.4. The van der Waals surface area contributed by atoms with E-state index in [2.05, 4.69) is 10.6 Å². The van der Waals surface area contributed by atoms with Crippen LogP contribution in [0.5, 0.6) is 0 Å². The molecule has 0 fully saturated rings. The Balaban J connectivity index is 2.60. The van der Waals surface area contributed by atoms with Crippen LogP contribution in [0.25, 0.3) is 0 Å². The summed E-state index contributed by atoms with van der Waals surface area (Å²) in [4.78, 5) is 41.9. The maximum atomic E-state index is 12.8. The second-order valence-electron chi connectivity index (χ2n) is 10.2. The number of ether oxygens (including phenoxy) is 2. The molecule has 0 radical (unpaired) electrons. The number of esters is 1. The van der Waals surface area contributed by atoms with Crippen molar-refractivity contribution in [2.45, 2.75) is 78.6 Å². The van der Waals surface area contributed by atoms with Crippen LogP contribution in [0.4, 0.5) is 0 Å². The fraction of sp³-hybridized carbons (Fsp3) is 0.483. The van der Waals surface area contributed by atoms with Gasteiger partial charge in [-0.05, 0) is 44.4 Å². The molecule has 1 aliphatic rings. The van der Waals surface area contributed by atoms with Gasteiger partial charge >= 0.3 is 5.97 Å². The lowest BCUT2D eigenvalue weighted by atomic mass is 9.86. The molecule has 0 aromatic carbocycles. The maximum Gasteiger partial charge on any atom is 0.373 e. The van der Waals surface area contributed by atoms with Crippen LogP contribution in [0.2, 0.25) is 0 Å². The van der Waals surface area contributed by atoms with Crippen LogP contribution in [0.15, 0.2) is 71.2 Å². The summed E-state index contributed by atoms with van der Waals surface area (Å²) >= 11 is 5.83. The van der Waals surface area contributed by atoms with E-state index in [1.807, 2.05) is 45.9 Å². The van der Waals surface area contributed by atoms with Crippen LogP contribution < -0.4 is 16.5 Å². The average molecular weight is 564 g/mol. The summed E-state index contributed by atoms with van der Waals surface area (Å²) < 4.78 is 10.3. The predicted molar refractivity (Wildman–Crippen MR) is 153 cm³/mol. The van der Waals surface area contributed by atoms with Gasteiger partial charge in [-0.1, -0.05) is 74.4 Å². The van der Waals surface area contributed by atoms with Gasteiger partial charge < -0.3 is 24.9 Å². The lowest BCUT2D eigenvalue weighted by molar-refractivity contribution is -0.149. The molecule has 1 rings (SSSR count). The first-order valence-electron chi connectivity index (χ1n) is 12.8. The molecule has 0 aromatic rings. The fourth-order valence-corrected chi connectivity index (χ4v) is 3.53. The predicted octanol–water partition coefficient (Wildman–Crippen LogP) is 4.62. The van der Waals surface area contributed by atoms with E-state index in [-0.39, 0.29) is 23.9 Å². The van der Waals surface area contributed by atoms with Crippen molar-refractivity contribution in [3.63, 3.8) is 0 Å². The largest absolute Gasteiger partial charge is 0.490 e. The Morgan fingerprint density at radius 2 is 1.90 bits per heavy atom. The monoisotopic (exact) mass is 563 g/mol. The van der Waals surface area contributed by atoms with E-state index >= 15 is 0 Å². The number of rotatable bonds is 14. The summed E-state index contributed by atoms with van der Waals surface area (Å²) in [5.41, 5.74) is 0.427. The van der Waals surface area contributed by atoms with E-state index in [0.29, 0.717) is 30.7 Å². The van der Waals surface area contributed by atoms with Crippen LogP contribution in [0, 0.1) is 5.41 Å². The third-order valence-corrected chi connectivity index (χ3v) is 5.85. The summed E-state index contributed by atoms with van der Waals surface area (Å²) in [6.07, 6.45) is 17.0. The van der Waals surface area contributed by atoms with Gasteiger partial charge in [0.1, 0.15) is 12.1 Å². The molecular formula is C29H42ClN3O6. The van der Waals surface area contributed by atoms with E-state index in [1.165, 1.54) is 19.4 Å². The van der Waals surface area contributed by atoms with Crippen LogP contribution in [0.1, 0.15) is 60.3 Å². The molecule has 0 saturated heterocycles. The summed E-state index contributed by atoms with van der Waals surface area (Å²) in [5, 5.41) is 6.13. The third-order valence-electron chi connectivity index (χ3n) is 5.69. The highest BCUT2D eigenvalue weighted by Gasteiger charge is 2.31. The molecule has 10 heteroatoms. The Morgan fingerprint density at radius 3 is 2.49 bits per heavy atom. The quantitative estimate of drug-likeness (QED) is 0.122. The molecule has 9 nitrogen and oxygen atoms in total. The van der Waals surface area contributed by atoms with Crippen LogP contribution >= 0.6 is 11.6 Å². The summed E-state index contributed by atoms with van der Waals surface area (Å²) in [5.74, 6) is 4.35. The number of cyclic esters (lactones) is 1. The van der Waals surface area contributed by atoms with E-state index < -0.39 is 23.3 Å². The van der Waals surface area contributed by atoms with Crippen molar-refractivity contribution >= 4 is 29.4 Å². The van der Waals surface area contributed by atoms with Gasteiger partial charge in [-0.3, -0.25) is 9.59 Å². The fourth-order valence-electron chi connectivity index (χ4n) is 3.44. The van der Waals surface area contributed by atoms with Gasteiger partial charge in [0.05, 0.1) is 13.2 Å². The van der Waals surface area contributed by atoms with Gasteiger partial charge in [-0.15, -0.1) is 0 Å². The van der Waals surface area contributed by atoms with Crippen LogP contribution in [0.3, 0.4) is 0 Å². The van der Waals surface area contributed by atoms with Gasteiger partial charge in [-0.2, -0.15) is 0 Å². The lowest BCUT2D eigenvalue weighted by Crippen LogP contribution is -2.52. The number of nitrogens with one attached hydrogen (secondary N) is 2. The molecule has 3 atom stereocenters. The molecule has 3 unspecified atom stereocenters. The normalized spacial score (nSPS) is 18.7. The van der Waals surface area contributed by atoms with Crippen LogP contribution in [-0.2, 0) is 28.7 Å². The molecular weight excluding hydrogens is 522 g/mol. The summed E-state index contributed by atoms with van der Waals surface area (Å²) in [6, 6.07) is -0.765. The Labute approximate surface area is 236 Å². The van der Waals surface area contributed by atoms with Gasteiger partial charge in [0.25, 0.3) is 0 Å². The third kappa shape index (κ3) is 14.0. The molecule has 39 heavy (non-hydrogen) atoms. The number of halogens is 1. The molecule has 0 aliphatic carbocycles. The van der Waals surface area contributed by atoms with E-state index in [1.54, 1.807) is 31.2 Å². The van der Waals surface area contributed by atoms with Crippen molar-refractivity contribution < 1.29 is 28.7 Å². The first-order valence-corrected chi connectivity index (χ1v) is 13.2. The van der Waals surface area contributed by atoms with Gasteiger partial charge in [0.2, 0.25) is 11.8 Å². The number of hydrogen-bond acceptors (Lipinski definition) is 7. The van der Waals surface area contributed by atoms with Crippen molar-refractivity contribution in [3.05, 3.63) is 71.2 Å². The van der Waals surface area contributed by atoms with Crippen LogP contribution in [-0.4, -0.2) is 43.1 Å².